The van der Waals surface area contributed by atoms with Crippen molar-refractivity contribution >= 4 is 0 Å². The predicted octanol–water partition coefficient (Wildman–Crippen LogP) is 2.52. The van der Waals surface area contributed by atoms with Crippen molar-refractivity contribution in [2.75, 3.05) is 13.7 Å². The van der Waals surface area contributed by atoms with Crippen LogP contribution in [0.1, 0.15) is 23.2 Å². The van der Waals surface area contributed by atoms with Gasteiger partial charge in [0.2, 0.25) is 0 Å². The summed E-state index contributed by atoms with van der Waals surface area (Å²) >= 11 is 0. The van der Waals surface area contributed by atoms with E-state index in [-0.39, 0.29) is 5.82 Å². The molecule has 0 saturated carbocycles. The number of ether oxygens (including phenoxy) is 2. The third-order valence-corrected chi connectivity index (χ3v) is 3.93. The molecule has 1 aliphatic rings. The van der Waals surface area contributed by atoms with Crippen LogP contribution in [-0.4, -0.2) is 18.7 Å². The van der Waals surface area contributed by atoms with Gasteiger partial charge >= 0.3 is 0 Å². The van der Waals surface area contributed by atoms with Gasteiger partial charge in [-0.1, -0.05) is 12.1 Å². The Morgan fingerprint density at radius 2 is 2.19 bits per heavy atom. The highest BCUT2D eigenvalue weighted by atomic mass is 19.1. The molecular formula is C16H17FN2O2. The second kappa shape index (κ2) is 5.00. The van der Waals surface area contributed by atoms with Crippen molar-refractivity contribution in [2.24, 2.45) is 5.73 Å². The van der Waals surface area contributed by atoms with E-state index in [1.54, 1.807) is 32.4 Å². The molecule has 2 heterocycles. The predicted molar refractivity (Wildman–Crippen MR) is 77.0 cm³/mol. The average Bonchev–Trinajstić information content (AvgIpc) is 2.49. The van der Waals surface area contributed by atoms with E-state index in [2.05, 4.69) is 4.98 Å². The van der Waals surface area contributed by atoms with Crippen molar-refractivity contribution in [1.29, 1.82) is 0 Å². The van der Waals surface area contributed by atoms with Crippen LogP contribution in [0.25, 0.3) is 0 Å². The summed E-state index contributed by atoms with van der Waals surface area (Å²) in [5.41, 5.74) is 7.61. The zero-order chi connectivity index (χ0) is 15.0. The number of halogens is 1. The van der Waals surface area contributed by atoms with E-state index >= 15 is 0 Å². The lowest BCUT2D eigenvalue weighted by atomic mass is 9.82. The van der Waals surface area contributed by atoms with Crippen LogP contribution in [0.2, 0.25) is 0 Å². The van der Waals surface area contributed by atoms with Gasteiger partial charge in [-0.3, -0.25) is 4.98 Å². The molecule has 1 aromatic heterocycles. The molecule has 0 aliphatic carbocycles. The summed E-state index contributed by atoms with van der Waals surface area (Å²) in [5, 5.41) is 0. The monoisotopic (exact) mass is 288 g/mol. The Balaban J connectivity index is 2.12. The topological polar surface area (TPSA) is 57.4 Å². The van der Waals surface area contributed by atoms with Gasteiger partial charge < -0.3 is 15.2 Å². The Morgan fingerprint density at radius 3 is 2.90 bits per heavy atom. The average molecular weight is 288 g/mol. The van der Waals surface area contributed by atoms with Crippen LogP contribution in [0, 0.1) is 12.7 Å². The van der Waals surface area contributed by atoms with Gasteiger partial charge in [-0.2, -0.15) is 0 Å². The van der Waals surface area contributed by atoms with Gasteiger partial charge in [-0.25, -0.2) is 4.39 Å². The number of nitrogens with two attached hydrogens (primary N) is 1. The second-order valence-electron chi connectivity index (χ2n) is 5.26. The maximum Gasteiger partial charge on any atom is 0.146 e. The molecule has 1 aliphatic heterocycles. The van der Waals surface area contributed by atoms with Crippen molar-refractivity contribution in [3.05, 3.63) is 53.1 Å². The number of hydrogen-bond acceptors (Lipinski definition) is 4. The number of methoxy groups -OCH3 is 1. The van der Waals surface area contributed by atoms with Crippen molar-refractivity contribution in [2.45, 2.75) is 18.9 Å². The molecule has 2 N–H and O–H groups in total. The third-order valence-electron chi connectivity index (χ3n) is 3.93. The number of benzene rings is 1. The summed E-state index contributed by atoms with van der Waals surface area (Å²) in [6.45, 7) is 2.18. The largest absolute Gasteiger partial charge is 0.495 e. The number of aryl methyl sites for hydroxylation is 1. The van der Waals surface area contributed by atoms with Crippen LogP contribution < -0.4 is 15.2 Å². The molecule has 1 aromatic carbocycles. The Bertz CT molecular complexity index is 690. The van der Waals surface area contributed by atoms with Crippen LogP contribution in [0.5, 0.6) is 11.5 Å². The molecule has 0 bridgehead atoms. The van der Waals surface area contributed by atoms with Gasteiger partial charge in [-0.05, 0) is 24.1 Å². The summed E-state index contributed by atoms with van der Waals surface area (Å²) in [6.07, 6.45) is 2.14. The number of aromatic nitrogens is 1. The van der Waals surface area contributed by atoms with E-state index in [0.29, 0.717) is 41.3 Å². The van der Waals surface area contributed by atoms with Gasteiger partial charge in [0.15, 0.2) is 0 Å². The molecule has 5 heteroatoms. The summed E-state index contributed by atoms with van der Waals surface area (Å²) in [7, 11) is 1.57. The zero-order valence-corrected chi connectivity index (χ0v) is 12.0. The molecule has 0 radical (unpaired) electrons. The van der Waals surface area contributed by atoms with E-state index < -0.39 is 5.54 Å². The second-order valence-corrected chi connectivity index (χ2v) is 5.26. The van der Waals surface area contributed by atoms with Crippen molar-refractivity contribution in [3.63, 3.8) is 0 Å². The third kappa shape index (κ3) is 2.23. The SMILES string of the molecule is COc1cnc2c(c1)OCC[C@]2(N)c1ccc(C)c(F)c1. The fourth-order valence-corrected chi connectivity index (χ4v) is 2.58. The summed E-state index contributed by atoms with van der Waals surface area (Å²) in [4.78, 5) is 4.37. The molecule has 2 aromatic rings. The minimum atomic E-state index is -0.853. The quantitative estimate of drug-likeness (QED) is 0.922. The van der Waals surface area contributed by atoms with Gasteiger partial charge in [0, 0.05) is 12.5 Å². The molecule has 0 unspecified atom stereocenters. The van der Waals surface area contributed by atoms with Gasteiger partial charge in [-0.15, -0.1) is 0 Å². The molecule has 1 atom stereocenters. The normalized spacial score (nSPS) is 20.6. The molecular weight excluding hydrogens is 271 g/mol. The first kappa shape index (κ1) is 13.8. The number of hydrogen-bond donors (Lipinski definition) is 1. The highest BCUT2D eigenvalue weighted by Gasteiger charge is 2.38. The van der Waals surface area contributed by atoms with Crippen molar-refractivity contribution < 1.29 is 13.9 Å². The molecule has 0 amide bonds. The van der Waals surface area contributed by atoms with E-state index in [1.807, 2.05) is 6.07 Å². The number of nitrogens with zero attached hydrogens (tertiary/aromatic N) is 1. The maximum absolute atomic E-state index is 13.9. The first-order valence-electron chi connectivity index (χ1n) is 6.77. The van der Waals surface area contributed by atoms with Gasteiger partial charge in [0.05, 0.1) is 25.5 Å². The van der Waals surface area contributed by atoms with Gasteiger partial charge in [0.1, 0.15) is 23.0 Å². The summed E-state index contributed by atoms with van der Waals surface area (Å²) in [5.74, 6) is 0.927. The van der Waals surface area contributed by atoms with E-state index in [0.717, 1.165) is 0 Å². The van der Waals surface area contributed by atoms with Crippen molar-refractivity contribution in [1.82, 2.24) is 4.98 Å². The number of fused-ring (bicyclic) bond motifs is 1. The van der Waals surface area contributed by atoms with E-state index in [4.69, 9.17) is 15.2 Å². The van der Waals surface area contributed by atoms with E-state index in [1.165, 1.54) is 6.07 Å². The Hall–Kier alpha value is -2.14. The lowest BCUT2D eigenvalue weighted by molar-refractivity contribution is 0.230. The lowest BCUT2D eigenvalue weighted by Gasteiger charge is -2.35. The standard InChI is InChI=1S/C16H17FN2O2/c1-10-3-4-11(7-13(10)17)16(18)5-6-21-14-8-12(20-2)9-19-15(14)16/h3-4,7-9H,5-6,18H2,1-2H3/t16-/m0/s1. The zero-order valence-electron chi connectivity index (χ0n) is 12.0. The minimum absolute atomic E-state index is 0.265. The highest BCUT2D eigenvalue weighted by molar-refractivity contribution is 5.46. The Labute approximate surface area is 122 Å². The lowest BCUT2D eigenvalue weighted by Crippen LogP contribution is -2.43. The molecule has 21 heavy (non-hydrogen) atoms. The number of pyridine rings is 1. The van der Waals surface area contributed by atoms with Crippen molar-refractivity contribution in [3.8, 4) is 11.5 Å². The number of rotatable bonds is 2. The summed E-state index contributed by atoms with van der Waals surface area (Å²) in [6, 6.07) is 6.82. The Kier molecular flexibility index (Phi) is 3.29. The van der Waals surface area contributed by atoms with Crippen LogP contribution in [0.4, 0.5) is 4.39 Å². The van der Waals surface area contributed by atoms with Crippen LogP contribution in [0.15, 0.2) is 30.5 Å². The smallest absolute Gasteiger partial charge is 0.146 e. The first-order chi connectivity index (χ1) is 10.0. The minimum Gasteiger partial charge on any atom is -0.495 e. The summed E-state index contributed by atoms with van der Waals surface area (Å²) < 4.78 is 24.6. The fourth-order valence-electron chi connectivity index (χ4n) is 2.58. The molecule has 0 fully saturated rings. The van der Waals surface area contributed by atoms with Crippen LogP contribution in [0.3, 0.4) is 0 Å². The molecule has 110 valence electrons. The Morgan fingerprint density at radius 1 is 1.38 bits per heavy atom. The molecule has 0 saturated heterocycles. The first-order valence-corrected chi connectivity index (χ1v) is 6.77. The molecule has 3 rings (SSSR count). The van der Waals surface area contributed by atoms with Crippen LogP contribution >= 0.6 is 0 Å². The maximum atomic E-state index is 13.9. The van der Waals surface area contributed by atoms with Crippen LogP contribution in [-0.2, 0) is 5.54 Å². The molecule has 4 nitrogen and oxygen atoms in total. The van der Waals surface area contributed by atoms with Gasteiger partial charge in [0.25, 0.3) is 0 Å². The van der Waals surface area contributed by atoms with E-state index in [9.17, 15) is 4.39 Å². The fraction of sp³-hybridized carbons (Fsp3) is 0.312. The highest BCUT2D eigenvalue weighted by Crippen LogP contribution is 2.40. The molecule has 0 spiro atoms.